The van der Waals surface area contributed by atoms with E-state index in [1.807, 2.05) is 75.9 Å². The van der Waals surface area contributed by atoms with E-state index in [0.717, 1.165) is 11.1 Å². The van der Waals surface area contributed by atoms with Crippen molar-refractivity contribution in [1.82, 2.24) is 24.4 Å². The van der Waals surface area contributed by atoms with Crippen LogP contribution in [0.2, 0.25) is 0 Å². The molecule has 2 amide bonds. The minimum Gasteiger partial charge on any atom is -0.351 e. The molecule has 0 aliphatic heterocycles. The molecule has 1 aromatic carbocycles. The zero-order chi connectivity index (χ0) is 23.4. The molecule has 0 saturated carbocycles. The first-order valence-corrected chi connectivity index (χ1v) is 11.1. The lowest BCUT2D eigenvalue weighted by Crippen LogP contribution is -2.41. The Morgan fingerprint density at radius 1 is 1.03 bits per heavy atom. The number of nitrogens with zero attached hydrogens (tertiary/aromatic N) is 4. The lowest BCUT2D eigenvalue weighted by molar-refractivity contribution is 0.0724. The molecule has 7 heteroatoms. The van der Waals surface area contributed by atoms with Crippen LogP contribution in [0.1, 0.15) is 38.5 Å². The molecule has 1 unspecified atom stereocenters. The first kappa shape index (κ1) is 22.3. The summed E-state index contributed by atoms with van der Waals surface area (Å²) in [4.78, 5) is 27.9. The number of pyridine rings is 1. The third kappa shape index (κ3) is 4.82. The third-order valence-electron chi connectivity index (χ3n) is 6.05. The van der Waals surface area contributed by atoms with Gasteiger partial charge in [-0.15, -0.1) is 0 Å². The van der Waals surface area contributed by atoms with Gasteiger partial charge in [0, 0.05) is 39.1 Å². The Hall–Kier alpha value is -3.87. The molecule has 1 N–H and O–H groups in total. The van der Waals surface area contributed by atoms with Crippen LogP contribution in [0.3, 0.4) is 0 Å². The molecule has 3 aromatic heterocycles. The van der Waals surface area contributed by atoms with Crippen LogP contribution in [-0.2, 0) is 13.5 Å². The van der Waals surface area contributed by atoms with E-state index in [-0.39, 0.29) is 17.9 Å². The van der Waals surface area contributed by atoms with E-state index in [9.17, 15) is 9.59 Å². The second-order valence-electron chi connectivity index (χ2n) is 8.30. The minimum absolute atomic E-state index is 0.0663. The molecular weight excluding hydrogens is 414 g/mol. The monoisotopic (exact) mass is 443 g/mol. The van der Waals surface area contributed by atoms with Crippen LogP contribution in [0.4, 0.5) is 0 Å². The topological polar surface area (TPSA) is 71.6 Å². The molecule has 3 heterocycles. The molecule has 7 nitrogen and oxygen atoms in total. The number of aryl methyl sites for hydroxylation is 2. The number of fused-ring (bicyclic) bond motifs is 1. The molecule has 0 aliphatic carbocycles. The summed E-state index contributed by atoms with van der Waals surface area (Å²) in [6.07, 6.45) is 5.02. The lowest BCUT2D eigenvalue weighted by Gasteiger charge is -2.29. The SMILES string of the molecule is Cc1nn2ccccc2c1C(=O)N(C)C(CCNC(=O)c1cccn1C)Cc1ccccc1. The molecule has 0 radical (unpaired) electrons. The second kappa shape index (κ2) is 9.73. The van der Waals surface area contributed by atoms with Gasteiger partial charge in [0.1, 0.15) is 5.69 Å². The third-order valence-corrected chi connectivity index (χ3v) is 6.05. The minimum atomic E-state index is -0.117. The smallest absolute Gasteiger partial charge is 0.267 e. The maximum Gasteiger partial charge on any atom is 0.267 e. The molecule has 170 valence electrons. The predicted molar refractivity (Wildman–Crippen MR) is 128 cm³/mol. The van der Waals surface area contributed by atoms with Crippen molar-refractivity contribution in [2.45, 2.75) is 25.8 Å². The molecule has 33 heavy (non-hydrogen) atoms. The Morgan fingerprint density at radius 2 is 1.79 bits per heavy atom. The fraction of sp³-hybridized carbons (Fsp3) is 0.269. The molecule has 0 saturated heterocycles. The van der Waals surface area contributed by atoms with Gasteiger partial charge < -0.3 is 14.8 Å². The average Bonchev–Trinajstić information content (AvgIpc) is 3.40. The van der Waals surface area contributed by atoms with Crippen molar-refractivity contribution in [1.29, 1.82) is 0 Å². The van der Waals surface area contributed by atoms with Crippen molar-refractivity contribution in [2.75, 3.05) is 13.6 Å². The Bertz CT molecular complexity index is 1260. The average molecular weight is 444 g/mol. The van der Waals surface area contributed by atoms with Gasteiger partial charge in [-0.2, -0.15) is 5.10 Å². The number of benzene rings is 1. The number of hydrogen-bond donors (Lipinski definition) is 1. The normalized spacial score (nSPS) is 12.0. The number of amides is 2. The maximum absolute atomic E-state index is 13.6. The number of aromatic nitrogens is 3. The van der Waals surface area contributed by atoms with Crippen LogP contribution in [0.25, 0.3) is 5.52 Å². The molecule has 4 rings (SSSR count). The second-order valence-corrected chi connectivity index (χ2v) is 8.30. The Balaban J connectivity index is 1.53. The molecular formula is C26H29N5O2. The number of hydrogen-bond acceptors (Lipinski definition) is 3. The summed E-state index contributed by atoms with van der Waals surface area (Å²) in [6.45, 7) is 2.33. The predicted octanol–water partition coefficient (Wildman–Crippen LogP) is 3.48. The Labute approximate surface area is 193 Å². The number of carbonyl (C=O) groups excluding carboxylic acids is 2. The highest BCUT2D eigenvalue weighted by Crippen LogP contribution is 2.20. The van der Waals surface area contributed by atoms with Gasteiger partial charge in [0.2, 0.25) is 0 Å². The van der Waals surface area contributed by atoms with Crippen molar-refractivity contribution in [2.24, 2.45) is 7.05 Å². The van der Waals surface area contributed by atoms with Crippen LogP contribution >= 0.6 is 0 Å². The van der Waals surface area contributed by atoms with Gasteiger partial charge in [0.15, 0.2) is 0 Å². The van der Waals surface area contributed by atoms with E-state index < -0.39 is 0 Å². The fourth-order valence-corrected chi connectivity index (χ4v) is 4.18. The zero-order valence-electron chi connectivity index (χ0n) is 19.2. The maximum atomic E-state index is 13.6. The number of likely N-dealkylation sites (N-methyl/N-ethyl adjacent to an activating group) is 1. The summed E-state index contributed by atoms with van der Waals surface area (Å²) < 4.78 is 3.53. The van der Waals surface area contributed by atoms with Crippen LogP contribution in [0.15, 0.2) is 73.1 Å². The summed E-state index contributed by atoms with van der Waals surface area (Å²) in [5, 5.41) is 7.49. The summed E-state index contributed by atoms with van der Waals surface area (Å²) in [5.41, 5.74) is 3.87. The van der Waals surface area contributed by atoms with Crippen LogP contribution in [0, 0.1) is 6.92 Å². The highest BCUT2D eigenvalue weighted by molar-refractivity contribution is 6.02. The van der Waals surface area contributed by atoms with E-state index in [1.165, 1.54) is 0 Å². The van der Waals surface area contributed by atoms with Crippen LogP contribution in [0.5, 0.6) is 0 Å². The van der Waals surface area contributed by atoms with Gasteiger partial charge in [-0.25, -0.2) is 4.52 Å². The van der Waals surface area contributed by atoms with Gasteiger partial charge in [-0.1, -0.05) is 36.4 Å². The standard InChI is InChI=1S/C26H29N5O2/c1-19-24(22-12-7-8-17-31(22)28-19)26(33)30(3)21(18-20-10-5-4-6-11-20)14-15-27-25(32)23-13-9-16-29(23)2/h4-13,16-17,21H,14-15,18H2,1-3H3,(H,27,32). The number of carbonyl (C=O) groups is 2. The number of nitrogens with one attached hydrogen (secondary N) is 1. The van der Waals surface area contributed by atoms with E-state index in [0.29, 0.717) is 36.3 Å². The van der Waals surface area contributed by atoms with Crippen molar-refractivity contribution < 1.29 is 9.59 Å². The molecule has 0 spiro atoms. The highest BCUT2D eigenvalue weighted by Gasteiger charge is 2.26. The highest BCUT2D eigenvalue weighted by atomic mass is 16.2. The van der Waals surface area contributed by atoms with Crippen molar-refractivity contribution in [3.63, 3.8) is 0 Å². The molecule has 4 aromatic rings. The summed E-state index contributed by atoms with van der Waals surface area (Å²) in [6, 6.07) is 19.4. The largest absolute Gasteiger partial charge is 0.351 e. The quantitative estimate of drug-likeness (QED) is 0.453. The fourth-order valence-electron chi connectivity index (χ4n) is 4.18. The molecule has 1 atom stereocenters. The first-order chi connectivity index (χ1) is 16.0. The van der Waals surface area contributed by atoms with Gasteiger partial charge >= 0.3 is 0 Å². The Morgan fingerprint density at radius 3 is 2.52 bits per heavy atom. The number of rotatable bonds is 8. The molecule has 0 bridgehead atoms. The Kier molecular flexibility index (Phi) is 6.58. The van der Waals surface area contributed by atoms with Gasteiger partial charge in [-0.05, 0) is 49.6 Å². The summed E-state index contributed by atoms with van der Waals surface area (Å²) in [5.74, 6) is -0.184. The van der Waals surface area contributed by atoms with Crippen molar-refractivity contribution in [3.8, 4) is 0 Å². The van der Waals surface area contributed by atoms with E-state index >= 15 is 0 Å². The first-order valence-electron chi connectivity index (χ1n) is 11.1. The lowest BCUT2D eigenvalue weighted by atomic mass is 10.0. The van der Waals surface area contributed by atoms with Crippen molar-refractivity contribution >= 4 is 17.3 Å². The van der Waals surface area contributed by atoms with E-state index in [1.54, 1.807) is 20.0 Å². The summed E-state index contributed by atoms with van der Waals surface area (Å²) >= 11 is 0. The van der Waals surface area contributed by atoms with Crippen LogP contribution in [-0.4, -0.2) is 50.5 Å². The van der Waals surface area contributed by atoms with Crippen LogP contribution < -0.4 is 5.32 Å². The van der Waals surface area contributed by atoms with E-state index in [4.69, 9.17) is 0 Å². The van der Waals surface area contributed by atoms with Gasteiger partial charge in [0.25, 0.3) is 11.8 Å². The van der Waals surface area contributed by atoms with Crippen molar-refractivity contribution in [3.05, 3.63) is 95.6 Å². The summed E-state index contributed by atoms with van der Waals surface area (Å²) in [7, 11) is 3.68. The molecule has 0 aliphatic rings. The zero-order valence-corrected chi connectivity index (χ0v) is 19.2. The van der Waals surface area contributed by atoms with E-state index in [2.05, 4.69) is 22.5 Å². The van der Waals surface area contributed by atoms with Gasteiger partial charge in [0.05, 0.1) is 16.8 Å². The van der Waals surface area contributed by atoms with Gasteiger partial charge in [-0.3, -0.25) is 9.59 Å². The molecule has 0 fully saturated rings.